The van der Waals surface area contributed by atoms with Gasteiger partial charge in [-0.25, -0.2) is 0 Å². The van der Waals surface area contributed by atoms with Gasteiger partial charge in [0.15, 0.2) is 0 Å². The number of phenolic OH excluding ortho intramolecular Hbond substituents is 2. The van der Waals surface area contributed by atoms with E-state index in [0.29, 0.717) is 25.2 Å². The van der Waals surface area contributed by atoms with Crippen molar-refractivity contribution in [2.75, 3.05) is 6.61 Å². The van der Waals surface area contributed by atoms with Crippen LogP contribution in [0.5, 0.6) is 17.2 Å². The molecule has 5 heteroatoms. The van der Waals surface area contributed by atoms with Crippen LogP contribution in [0.1, 0.15) is 24.0 Å². The van der Waals surface area contributed by atoms with Crippen molar-refractivity contribution in [2.24, 2.45) is 0 Å². The fraction of sp³-hybridized carbons (Fsp3) is 0.263. The maximum atomic E-state index is 9.87. The van der Waals surface area contributed by atoms with E-state index in [1.807, 2.05) is 12.2 Å². The topological polar surface area (TPSA) is 79.2 Å². The standard InChI is InChI=1S/C19H20O5/c20-15-5-3-13(4-6-15)1-2-14-9-17(22)11-18(10-14)24-19-12-16(21)7-8-23-19/h1-6,9-11,16,19-22H,7-8,12H2/b2-1-. The summed E-state index contributed by atoms with van der Waals surface area (Å²) in [6.45, 7) is 0.457. The molecule has 0 spiro atoms. The molecule has 0 amide bonds. The molecule has 5 nitrogen and oxygen atoms in total. The van der Waals surface area contributed by atoms with Gasteiger partial charge in [0.2, 0.25) is 6.29 Å². The van der Waals surface area contributed by atoms with Crippen molar-refractivity contribution in [3.8, 4) is 17.2 Å². The molecule has 24 heavy (non-hydrogen) atoms. The summed E-state index contributed by atoms with van der Waals surface area (Å²) in [5, 5.41) is 28.8. The minimum absolute atomic E-state index is 0.0919. The van der Waals surface area contributed by atoms with Crippen LogP contribution >= 0.6 is 0 Å². The SMILES string of the molecule is Oc1ccc(/C=C\c2cc(O)cc(OC3CC(O)CCO3)c2)cc1. The number of aromatic hydroxyl groups is 2. The number of rotatable bonds is 4. The van der Waals surface area contributed by atoms with Gasteiger partial charge in [-0.3, -0.25) is 0 Å². The molecule has 3 N–H and O–H groups in total. The van der Waals surface area contributed by atoms with Crippen LogP contribution in [0, 0.1) is 0 Å². The van der Waals surface area contributed by atoms with Gasteiger partial charge in [-0.1, -0.05) is 24.3 Å². The molecule has 0 bridgehead atoms. The van der Waals surface area contributed by atoms with Crippen molar-refractivity contribution in [3.05, 3.63) is 53.6 Å². The molecule has 0 saturated carbocycles. The van der Waals surface area contributed by atoms with E-state index >= 15 is 0 Å². The molecule has 126 valence electrons. The molecule has 0 aromatic heterocycles. The zero-order chi connectivity index (χ0) is 16.9. The van der Waals surface area contributed by atoms with E-state index in [2.05, 4.69) is 0 Å². The van der Waals surface area contributed by atoms with Crippen LogP contribution in [0.2, 0.25) is 0 Å². The summed E-state index contributed by atoms with van der Waals surface area (Å²) >= 11 is 0. The fourth-order valence-corrected chi connectivity index (χ4v) is 2.53. The average Bonchev–Trinajstić information content (AvgIpc) is 2.54. The van der Waals surface area contributed by atoms with Crippen LogP contribution < -0.4 is 4.74 Å². The minimum atomic E-state index is -0.510. The summed E-state index contributed by atoms with van der Waals surface area (Å²) in [6, 6.07) is 11.8. The second-order valence-electron chi connectivity index (χ2n) is 5.78. The number of phenols is 2. The van der Waals surface area contributed by atoms with E-state index in [4.69, 9.17) is 9.47 Å². The predicted molar refractivity (Wildman–Crippen MR) is 90.8 cm³/mol. The van der Waals surface area contributed by atoms with Crippen molar-refractivity contribution in [3.63, 3.8) is 0 Å². The zero-order valence-corrected chi connectivity index (χ0v) is 13.1. The monoisotopic (exact) mass is 328 g/mol. The Morgan fingerprint density at radius 2 is 1.71 bits per heavy atom. The van der Waals surface area contributed by atoms with Gasteiger partial charge in [0.1, 0.15) is 17.2 Å². The van der Waals surface area contributed by atoms with Gasteiger partial charge in [0.05, 0.1) is 12.7 Å². The van der Waals surface area contributed by atoms with Gasteiger partial charge >= 0.3 is 0 Å². The lowest BCUT2D eigenvalue weighted by molar-refractivity contribution is -0.137. The third-order valence-corrected chi connectivity index (χ3v) is 3.76. The lowest BCUT2D eigenvalue weighted by Crippen LogP contribution is -2.32. The molecule has 1 aliphatic heterocycles. The lowest BCUT2D eigenvalue weighted by Gasteiger charge is -2.27. The molecule has 0 radical (unpaired) electrons. The second kappa shape index (κ2) is 7.38. The van der Waals surface area contributed by atoms with Crippen molar-refractivity contribution in [2.45, 2.75) is 25.2 Å². The quantitative estimate of drug-likeness (QED) is 0.752. The van der Waals surface area contributed by atoms with Gasteiger partial charge in [-0.15, -0.1) is 0 Å². The predicted octanol–water partition coefficient (Wildman–Crippen LogP) is 3.14. The number of aliphatic hydroxyl groups is 1. The van der Waals surface area contributed by atoms with E-state index in [1.54, 1.807) is 36.4 Å². The zero-order valence-electron chi connectivity index (χ0n) is 13.1. The first-order valence-corrected chi connectivity index (χ1v) is 7.86. The Kier molecular flexibility index (Phi) is 5.03. The summed E-state index contributed by atoms with van der Waals surface area (Å²) < 4.78 is 11.2. The molecule has 3 rings (SSSR count). The van der Waals surface area contributed by atoms with E-state index in [-0.39, 0.29) is 11.5 Å². The highest BCUT2D eigenvalue weighted by Gasteiger charge is 2.22. The van der Waals surface area contributed by atoms with E-state index in [1.165, 1.54) is 6.07 Å². The van der Waals surface area contributed by atoms with Crippen molar-refractivity contribution >= 4 is 12.2 Å². The van der Waals surface area contributed by atoms with E-state index in [9.17, 15) is 15.3 Å². The van der Waals surface area contributed by atoms with Crippen LogP contribution in [0.15, 0.2) is 42.5 Å². The average molecular weight is 328 g/mol. The highest BCUT2D eigenvalue weighted by molar-refractivity contribution is 5.71. The minimum Gasteiger partial charge on any atom is -0.508 e. The van der Waals surface area contributed by atoms with E-state index in [0.717, 1.165) is 11.1 Å². The first-order valence-electron chi connectivity index (χ1n) is 7.86. The Bertz CT molecular complexity index is 708. The third kappa shape index (κ3) is 4.50. The third-order valence-electron chi connectivity index (χ3n) is 3.76. The summed E-state index contributed by atoms with van der Waals surface area (Å²) in [5.74, 6) is 0.795. The number of aliphatic hydroxyl groups excluding tert-OH is 1. The number of ether oxygens (including phenoxy) is 2. The van der Waals surface area contributed by atoms with Gasteiger partial charge < -0.3 is 24.8 Å². The summed E-state index contributed by atoms with van der Waals surface area (Å²) in [6.07, 6.45) is 3.81. The largest absolute Gasteiger partial charge is 0.508 e. The van der Waals surface area contributed by atoms with Crippen LogP contribution in [-0.2, 0) is 4.74 Å². The first kappa shape index (κ1) is 16.4. The van der Waals surface area contributed by atoms with Gasteiger partial charge in [-0.05, 0) is 41.8 Å². The normalized spacial score (nSPS) is 21.0. The first-order chi connectivity index (χ1) is 11.6. The summed E-state index contributed by atoms with van der Waals surface area (Å²) in [4.78, 5) is 0. The van der Waals surface area contributed by atoms with Crippen molar-refractivity contribution < 1.29 is 24.8 Å². The van der Waals surface area contributed by atoms with Crippen molar-refractivity contribution in [1.29, 1.82) is 0 Å². The molecule has 1 heterocycles. The molecule has 2 aromatic carbocycles. The van der Waals surface area contributed by atoms with Crippen molar-refractivity contribution in [1.82, 2.24) is 0 Å². The molecule has 2 atom stereocenters. The van der Waals surface area contributed by atoms with Crippen LogP contribution in [0.25, 0.3) is 12.2 Å². The van der Waals surface area contributed by atoms with E-state index < -0.39 is 12.4 Å². The molecular formula is C19H20O5. The molecule has 1 fully saturated rings. The maximum absolute atomic E-state index is 9.87. The summed E-state index contributed by atoms with van der Waals surface area (Å²) in [7, 11) is 0. The molecule has 0 aliphatic carbocycles. The molecule has 1 saturated heterocycles. The Labute approximate surface area is 140 Å². The Balaban J connectivity index is 1.72. The maximum Gasteiger partial charge on any atom is 0.202 e. The number of benzene rings is 2. The van der Waals surface area contributed by atoms with Crippen LogP contribution in [0.3, 0.4) is 0 Å². The van der Waals surface area contributed by atoms with Gasteiger partial charge in [-0.2, -0.15) is 0 Å². The number of hydrogen-bond acceptors (Lipinski definition) is 5. The fourth-order valence-electron chi connectivity index (χ4n) is 2.53. The Hall–Kier alpha value is -2.50. The van der Waals surface area contributed by atoms with Crippen LogP contribution in [0.4, 0.5) is 0 Å². The molecule has 2 aromatic rings. The molecule has 1 aliphatic rings. The van der Waals surface area contributed by atoms with Crippen LogP contribution in [-0.4, -0.2) is 34.3 Å². The molecule has 2 unspecified atom stereocenters. The summed E-state index contributed by atoms with van der Waals surface area (Å²) in [5.41, 5.74) is 1.70. The number of hydrogen-bond donors (Lipinski definition) is 3. The highest BCUT2D eigenvalue weighted by atomic mass is 16.7. The van der Waals surface area contributed by atoms with Gasteiger partial charge in [0, 0.05) is 12.5 Å². The van der Waals surface area contributed by atoms with Gasteiger partial charge in [0.25, 0.3) is 0 Å². The smallest absolute Gasteiger partial charge is 0.202 e. The lowest BCUT2D eigenvalue weighted by atomic mass is 10.1. The molecular weight excluding hydrogens is 308 g/mol. The Morgan fingerprint density at radius 1 is 0.958 bits per heavy atom. The highest BCUT2D eigenvalue weighted by Crippen LogP contribution is 2.26. The Morgan fingerprint density at radius 3 is 2.46 bits per heavy atom. The second-order valence-corrected chi connectivity index (χ2v) is 5.78.